The number of carbonyl (C=O) groups excluding carboxylic acids is 1. The lowest BCUT2D eigenvalue weighted by atomic mass is 10.0. The van der Waals surface area contributed by atoms with Crippen LogP contribution in [0.2, 0.25) is 0 Å². The summed E-state index contributed by atoms with van der Waals surface area (Å²) in [5, 5.41) is 13.6. The third-order valence-corrected chi connectivity index (χ3v) is 5.62. The van der Waals surface area contributed by atoms with Crippen molar-refractivity contribution in [1.29, 1.82) is 0 Å². The van der Waals surface area contributed by atoms with Gasteiger partial charge in [0.1, 0.15) is 5.01 Å². The molecule has 132 valence electrons. The quantitative estimate of drug-likeness (QED) is 0.554. The highest BCUT2D eigenvalue weighted by Gasteiger charge is 2.28. The summed E-state index contributed by atoms with van der Waals surface area (Å²) in [4.78, 5) is 17.7. The average Bonchev–Trinajstić information content (AvgIpc) is 3.47. The number of benzene rings is 2. The van der Waals surface area contributed by atoms with Crippen molar-refractivity contribution >= 4 is 33.3 Å². The zero-order valence-corrected chi connectivity index (χ0v) is 15.2. The van der Waals surface area contributed by atoms with Gasteiger partial charge in [0, 0.05) is 16.9 Å². The van der Waals surface area contributed by atoms with Crippen molar-refractivity contribution in [2.45, 2.75) is 18.8 Å². The van der Waals surface area contributed by atoms with Crippen molar-refractivity contribution in [2.24, 2.45) is 0 Å². The molecule has 0 unspecified atom stereocenters. The molecule has 0 atom stereocenters. The van der Waals surface area contributed by atoms with E-state index in [2.05, 4.69) is 15.5 Å². The van der Waals surface area contributed by atoms with Crippen LogP contribution in [0.5, 0.6) is 0 Å². The van der Waals surface area contributed by atoms with Crippen LogP contribution >= 0.6 is 11.3 Å². The molecule has 2 heterocycles. The number of carbonyl (C=O) groups is 1. The largest absolute Gasteiger partial charge is 0.296 e. The number of nitrogens with zero attached hydrogens (tertiary/aromatic N) is 3. The highest BCUT2D eigenvalue weighted by Crippen LogP contribution is 2.42. The van der Waals surface area contributed by atoms with Crippen LogP contribution in [0, 0.1) is 0 Å². The maximum atomic E-state index is 13.0. The monoisotopic (exact) mass is 372 g/mol. The molecule has 1 aliphatic rings. The minimum absolute atomic E-state index is 0.190. The van der Waals surface area contributed by atoms with Crippen molar-refractivity contribution < 1.29 is 4.79 Å². The second kappa shape index (κ2) is 6.55. The van der Waals surface area contributed by atoms with E-state index in [-0.39, 0.29) is 5.91 Å². The molecule has 27 heavy (non-hydrogen) atoms. The lowest BCUT2D eigenvalue weighted by molar-refractivity contribution is 0.102. The highest BCUT2D eigenvalue weighted by molar-refractivity contribution is 7.15. The Morgan fingerprint density at radius 3 is 2.59 bits per heavy atom. The van der Waals surface area contributed by atoms with Gasteiger partial charge in [0.25, 0.3) is 5.91 Å². The Bertz CT molecular complexity index is 1140. The zero-order chi connectivity index (χ0) is 18.2. The summed E-state index contributed by atoms with van der Waals surface area (Å²) in [5.41, 5.74) is 3.13. The zero-order valence-electron chi connectivity index (χ0n) is 14.4. The molecule has 1 fully saturated rings. The first-order valence-corrected chi connectivity index (χ1v) is 9.69. The van der Waals surface area contributed by atoms with Crippen molar-refractivity contribution in [2.75, 3.05) is 5.32 Å². The molecule has 5 nitrogen and oxygen atoms in total. The summed E-state index contributed by atoms with van der Waals surface area (Å²) in [6, 6.07) is 19.4. The van der Waals surface area contributed by atoms with Crippen LogP contribution in [0.4, 0.5) is 5.13 Å². The topological polar surface area (TPSA) is 67.8 Å². The number of pyridine rings is 1. The molecule has 2 aromatic heterocycles. The predicted octanol–water partition coefficient (Wildman–Crippen LogP) is 4.88. The van der Waals surface area contributed by atoms with E-state index in [0.717, 1.165) is 40.0 Å². The number of amides is 1. The Morgan fingerprint density at radius 1 is 1.00 bits per heavy atom. The van der Waals surface area contributed by atoms with E-state index in [9.17, 15) is 4.79 Å². The van der Waals surface area contributed by atoms with Crippen LogP contribution < -0.4 is 5.32 Å². The van der Waals surface area contributed by atoms with E-state index in [1.54, 1.807) is 0 Å². The highest BCUT2D eigenvalue weighted by atomic mass is 32.1. The molecule has 1 aliphatic carbocycles. The summed E-state index contributed by atoms with van der Waals surface area (Å²) in [7, 11) is 0. The summed E-state index contributed by atoms with van der Waals surface area (Å²) in [6.07, 6.45) is 2.33. The van der Waals surface area contributed by atoms with Crippen LogP contribution in [-0.4, -0.2) is 21.1 Å². The van der Waals surface area contributed by atoms with Gasteiger partial charge in [-0.15, -0.1) is 10.2 Å². The van der Waals surface area contributed by atoms with E-state index in [0.29, 0.717) is 16.6 Å². The fourth-order valence-electron chi connectivity index (χ4n) is 3.06. The second-order valence-corrected chi connectivity index (χ2v) is 7.62. The first-order chi connectivity index (χ1) is 13.3. The van der Waals surface area contributed by atoms with Gasteiger partial charge in [-0.05, 0) is 25.0 Å². The average molecular weight is 372 g/mol. The van der Waals surface area contributed by atoms with E-state index in [4.69, 9.17) is 4.98 Å². The molecule has 1 amide bonds. The predicted molar refractivity (Wildman–Crippen MR) is 107 cm³/mol. The number of para-hydroxylation sites is 1. The van der Waals surface area contributed by atoms with Crippen LogP contribution in [0.3, 0.4) is 0 Å². The van der Waals surface area contributed by atoms with Gasteiger partial charge in [0.2, 0.25) is 5.13 Å². The van der Waals surface area contributed by atoms with Gasteiger partial charge in [-0.3, -0.25) is 10.1 Å². The number of aromatic nitrogens is 3. The normalized spacial score (nSPS) is 13.6. The van der Waals surface area contributed by atoms with Crippen molar-refractivity contribution in [3.8, 4) is 11.3 Å². The van der Waals surface area contributed by atoms with Gasteiger partial charge in [-0.25, -0.2) is 4.98 Å². The second-order valence-electron chi connectivity index (χ2n) is 6.61. The maximum Gasteiger partial charge on any atom is 0.258 e. The molecule has 1 saturated carbocycles. The summed E-state index contributed by atoms with van der Waals surface area (Å²) in [6.45, 7) is 0. The molecular weight excluding hydrogens is 356 g/mol. The summed E-state index contributed by atoms with van der Waals surface area (Å²) in [5.74, 6) is 0.337. The van der Waals surface area contributed by atoms with E-state index in [1.165, 1.54) is 11.3 Å². The number of rotatable bonds is 4. The Hall–Kier alpha value is -3.12. The molecule has 4 aromatic rings. The Kier molecular flexibility index (Phi) is 3.90. The molecule has 0 bridgehead atoms. The molecule has 2 aromatic carbocycles. The molecule has 0 saturated heterocycles. The van der Waals surface area contributed by atoms with Gasteiger partial charge >= 0.3 is 0 Å². The summed E-state index contributed by atoms with van der Waals surface area (Å²) < 4.78 is 0. The van der Waals surface area contributed by atoms with Gasteiger partial charge in [0.05, 0.1) is 16.8 Å². The van der Waals surface area contributed by atoms with Gasteiger partial charge in [-0.1, -0.05) is 59.9 Å². The first-order valence-electron chi connectivity index (χ1n) is 8.88. The minimum atomic E-state index is -0.190. The fraction of sp³-hybridized carbons (Fsp3) is 0.143. The molecule has 0 aliphatic heterocycles. The van der Waals surface area contributed by atoms with Gasteiger partial charge in [0.15, 0.2) is 0 Å². The number of hydrogen-bond acceptors (Lipinski definition) is 5. The van der Waals surface area contributed by atoms with Crippen molar-refractivity contribution in [3.05, 3.63) is 71.2 Å². The van der Waals surface area contributed by atoms with E-state index in [1.807, 2.05) is 60.7 Å². The minimum Gasteiger partial charge on any atom is -0.296 e. The van der Waals surface area contributed by atoms with E-state index < -0.39 is 0 Å². The smallest absolute Gasteiger partial charge is 0.258 e. The van der Waals surface area contributed by atoms with Crippen LogP contribution in [0.15, 0.2) is 60.7 Å². The maximum absolute atomic E-state index is 13.0. The molecule has 6 heteroatoms. The number of fused-ring (bicyclic) bond motifs is 1. The molecule has 1 N–H and O–H groups in total. The van der Waals surface area contributed by atoms with Crippen LogP contribution in [0.25, 0.3) is 22.2 Å². The Labute approximate surface area is 160 Å². The third kappa shape index (κ3) is 3.19. The lowest BCUT2D eigenvalue weighted by Crippen LogP contribution is -2.13. The number of nitrogens with one attached hydrogen (secondary N) is 1. The molecule has 0 radical (unpaired) electrons. The Balaban J connectivity index is 1.54. The molecular formula is C21H16N4OS. The van der Waals surface area contributed by atoms with Crippen LogP contribution in [0.1, 0.15) is 34.1 Å². The molecule has 0 spiro atoms. The number of anilines is 1. The Morgan fingerprint density at radius 2 is 1.78 bits per heavy atom. The molecule has 5 rings (SSSR count). The third-order valence-electron chi connectivity index (χ3n) is 4.62. The van der Waals surface area contributed by atoms with Crippen molar-refractivity contribution in [3.63, 3.8) is 0 Å². The van der Waals surface area contributed by atoms with Gasteiger partial charge < -0.3 is 0 Å². The summed E-state index contributed by atoms with van der Waals surface area (Å²) >= 11 is 1.46. The van der Waals surface area contributed by atoms with Crippen molar-refractivity contribution in [1.82, 2.24) is 15.2 Å². The SMILES string of the molecule is O=C(Nc1nnc(C2CC2)s1)c1cc(-c2ccccc2)nc2ccccc12. The van der Waals surface area contributed by atoms with E-state index >= 15 is 0 Å². The lowest BCUT2D eigenvalue weighted by Gasteiger charge is -2.09. The number of hydrogen-bond donors (Lipinski definition) is 1. The van der Waals surface area contributed by atoms with Gasteiger partial charge in [-0.2, -0.15) is 0 Å². The standard InChI is InChI=1S/C21H16N4OS/c26-19(23-21-25-24-20(27-21)14-10-11-14)16-12-18(13-6-2-1-3-7-13)22-17-9-5-4-8-15(16)17/h1-9,12,14H,10-11H2,(H,23,25,26). The first kappa shape index (κ1) is 16.1. The fourth-order valence-corrected chi connectivity index (χ4v) is 3.97. The van der Waals surface area contributed by atoms with Crippen LogP contribution in [-0.2, 0) is 0 Å².